The molecule has 0 aromatic heterocycles. The van der Waals surface area contributed by atoms with E-state index in [4.69, 9.17) is 17.0 Å². The van der Waals surface area contributed by atoms with Crippen molar-refractivity contribution in [1.82, 2.24) is 4.90 Å². The van der Waals surface area contributed by atoms with Crippen LogP contribution in [0.5, 0.6) is 0 Å². The molecule has 9 nitrogen and oxygen atoms in total. The van der Waals surface area contributed by atoms with E-state index in [1.807, 2.05) is 0 Å². The van der Waals surface area contributed by atoms with Gasteiger partial charge in [-0.05, 0) is 49.2 Å². The lowest BCUT2D eigenvalue weighted by Crippen LogP contribution is -2.29. The molecule has 0 radical (unpaired) electrons. The van der Waals surface area contributed by atoms with Gasteiger partial charge in [0.05, 0.1) is 22.0 Å². The predicted octanol–water partition coefficient (Wildman–Crippen LogP) is 4.39. The maximum Gasteiger partial charge on any atom is 0.338 e. The Morgan fingerprint density at radius 2 is 1.97 bits per heavy atom. The summed E-state index contributed by atoms with van der Waals surface area (Å²) < 4.78 is 5.29. The molecule has 1 aliphatic heterocycles. The van der Waals surface area contributed by atoms with E-state index < -0.39 is 10.9 Å². The molecule has 1 aliphatic rings. The number of hydrogen-bond acceptors (Lipinski definition) is 8. The molecule has 176 valence electrons. The molecule has 1 N–H and O–H groups in total. The van der Waals surface area contributed by atoms with E-state index in [0.29, 0.717) is 32.5 Å². The second-order valence-corrected chi connectivity index (χ2v) is 8.81. The highest BCUT2D eigenvalue weighted by Gasteiger charge is 2.31. The normalized spacial score (nSPS) is 14.4. The standard InChI is InChI=1S/C23H21N3O6S2/c1-2-32-22(29)16-8-10-17(11-9-16)24-20(27)7-4-12-25-21(28)19(34-23(25)33)14-15-5-3-6-18(13-15)26(30)31/h3,5-6,8-11,13-14H,2,4,7,12H2,1H3,(H,24,27)/b19-14-. The Morgan fingerprint density at radius 3 is 2.65 bits per heavy atom. The van der Waals surface area contributed by atoms with Gasteiger partial charge < -0.3 is 10.1 Å². The van der Waals surface area contributed by atoms with E-state index in [-0.39, 0.29) is 37.1 Å². The quantitative estimate of drug-likeness (QED) is 0.177. The first-order valence-electron chi connectivity index (χ1n) is 10.4. The van der Waals surface area contributed by atoms with Crippen LogP contribution in [0.2, 0.25) is 0 Å². The number of nitrogens with one attached hydrogen (secondary N) is 1. The van der Waals surface area contributed by atoms with Gasteiger partial charge in [-0.25, -0.2) is 4.79 Å². The van der Waals surface area contributed by atoms with E-state index in [1.54, 1.807) is 49.4 Å². The first-order chi connectivity index (χ1) is 16.3. The fourth-order valence-electron chi connectivity index (χ4n) is 3.10. The van der Waals surface area contributed by atoms with Crippen LogP contribution in [0.15, 0.2) is 53.4 Å². The molecule has 34 heavy (non-hydrogen) atoms. The van der Waals surface area contributed by atoms with Gasteiger partial charge in [0.2, 0.25) is 5.91 Å². The fourth-order valence-corrected chi connectivity index (χ4v) is 4.41. The van der Waals surface area contributed by atoms with Crippen LogP contribution in [-0.2, 0) is 14.3 Å². The first kappa shape index (κ1) is 25.1. The number of nitrogens with zero attached hydrogens (tertiary/aromatic N) is 2. The molecule has 0 bridgehead atoms. The number of amides is 2. The van der Waals surface area contributed by atoms with Crippen molar-refractivity contribution in [3.8, 4) is 0 Å². The van der Waals surface area contributed by atoms with Crippen molar-refractivity contribution in [3.05, 3.63) is 74.7 Å². The molecular formula is C23H21N3O6S2. The summed E-state index contributed by atoms with van der Waals surface area (Å²) in [6.07, 6.45) is 2.13. The Kier molecular flexibility index (Phi) is 8.50. The van der Waals surface area contributed by atoms with Gasteiger partial charge >= 0.3 is 5.97 Å². The third-order valence-corrected chi connectivity index (χ3v) is 6.10. The lowest BCUT2D eigenvalue weighted by atomic mass is 10.2. The Labute approximate surface area is 205 Å². The largest absolute Gasteiger partial charge is 0.462 e. The van der Waals surface area contributed by atoms with Crippen molar-refractivity contribution in [1.29, 1.82) is 0 Å². The number of benzene rings is 2. The van der Waals surface area contributed by atoms with Crippen LogP contribution in [0, 0.1) is 10.1 Å². The van der Waals surface area contributed by atoms with Gasteiger partial charge in [0, 0.05) is 30.8 Å². The Hall–Kier alpha value is -3.57. The zero-order valence-corrected chi connectivity index (χ0v) is 19.8. The summed E-state index contributed by atoms with van der Waals surface area (Å²) in [6, 6.07) is 12.4. The number of nitro groups is 1. The number of anilines is 1. The van der Waals surface area contributed by atoms with Crippen LogP contribution in [0.1, 0.15) is 35.7 Å². The van der Waals surface area contributed by atoms with Crippen LogP contribution >= 0.6 is 24.0 Å². The predicted molar refractivity (Wildman–Crippen MR) is 133 cm³/mol. The molecule has 1 heterocycles. The average Bonchev–Trinajstić information content (AvgIpc) is 3.07. The van der Waals surface area contributed by atoms with E-state index in [9.17, 15) is 24.5 Å². The van der Waals surface area contributed by atoms with E-state index >= 15 is 0 Å². The van der Waals surface area contributed by atoms with Crippen LogP contribution in [0.25, 0.3) is 6.08 Å². The van der Waals surface area contributed by atoms with Gasteiger partial charge in [0.1, 0.15) is 4.32 Å². The van der Waals surface area contributed by atoms with Crippen LogP contribution in [-0.4, -0.2) is 45.1 Å². The molecule has 0 saturated carbocycles. The summed E-state index contributed by atoms with van der Waals surface area (Å²) in [7, 11) is 0. The Morgan fingerprint density at radius 1 is 1.24 bits per heavy atom. The average molecular weight is 500 g/mol. The number of hydrogen-bond donors (Lipinski definition) is 1. The number of esters is 1. The highest BCUT2D eigenvalue weighted by molar-refractivity contribution is 8.26. The number of thioether (sulfide) groups is 1. The number of non-ortho nitro benzene ring substituents is 1. The zero-order valence-electron chi connectivity index (χ0n) is 18.2. The van der Waals surface area contributed by atoms with Crippen molar-refractivity contribution in [3.63, 3.8) is 0 Å². The van der Waals surface area contributed by atoms with Gasteiger partial charge in [0.25, 0.3) is 11.6 Å². The van der Waals surface area contributed by atoms with Crippen molar-refractivity contribution in [2.45, 2.75) is 19.8 Å². The molecule has 3 rings (SSSR count). The summed E-state index contributed by atoms with van der Waals surface area (Å²) >= 11 is 6.41. The lowest BCUT2D eigenvalue weighted by Gasteiger charge is -2.14. The molecule has 0 unspecified atom stereocenters. The molecule has 2 amide bonds. The number of thiocarbonyl (C=S) groups is 1. The van der Waals surface area contributed by atoms with Crippen molar-refractivity contribution >= 4 is 63.5 Å². The second-order valence-electron chi connectivity index (χ2n) is 7.13. The molecule has 1 saturated heterocycles. The molecule has 0 spiro atoms. The molecule has 2 aromatic rings. The molecule has 0 atom stereocenters. The third kappa shape index (κ3) is 6.49. The highest BCUT2D eigenvalue weighted by atomic mass is 32.2. The minimum Gasteiger partial charge on any atom is -0.462 e. The van der Waals surface area contributed by atoms with Gasteiger partial charge in [0.15, 0.2) is 0 Å². The van der Waals surface area contributed by atoms with Crippen LogP contribution in [0.4, 0.5) is 11.4 Å². The smallest absolute Gasteiger partial charge is 0.338 e. The second kappa shape index (κ2) is 11.5. The fraction of sp³-hybridized carbons (Fsp3) is 0.217. The van der Waals surface area contributed by atoms with Gasteiger partial charge in [-0.15, -0.1) is 0 Å². The number of carbonyl (C=O) groups is 3. The van der Waals surface area contributed by atoms with Crippen molar-refractivity contribution < 1.29 is 24.0 Å². The minimum atomic E-state index is -0.498. The number of rotatable bonds is 9. The maximum absolute atomic E-state index is 12.7. The molecule has 0 aliphatic carbocycles. The summed E-state index contributed by atoms with van der Waals surface area (Å²) in [5.41, 5.74) is 1.41. The number of ether oxygens (including phenoxy) is 1. The van der Waals surface area contributed by atoms with Crippen LogP contribution in [0.3, 0.4) is 0 Å². The SMILES string of the molecule is CCOC(=O)c1ccc(NC(=O)CCCN2C(=O)/C(=C/c3cccc([N+](=O)[O-])c3)SC2=S)cc1. The molecule has 11 heteroatoms. The summed E-state index contributed by atoms with van der Waals surface area (Å²) in [6.45, 7) is 2.28. The maximum atomic E-state index is 12.7. The monoisotopic (exact) mass is 499 g/mol. The zero-order chi connectivity index (χ0) is 24.7. The van der Waals surface area contributed by atoms with Gasteiger partial charge in [-0.3, -0.25) is 24.6 Å². The van der Waals surface area contributed by atoms with E-state index in [2.05, 4.69) is 5.32 Å². The topological polar surface area (TPSA) is 119 Å². The minimum absolute atomic E-state index is 0.0641. The summed E-state index contributed by atoms with van der Waals surface area (Å²) in [5, 5.41) is 13.7. The van der Waals surface area contributed by atoms with Gasteiger partial charge in [-0.2, -0.15) is 0 Å². The summed E-state index contributed by atoms with van der Waals surface area (Å²) in [4.78, 5) is 48.9. The summed E-state index contributed by atoms with van der Waals surface area (Å²) in [5.74, 6) is -0.957. The van der Waals surface area contributed by atoms with E-state index in [0.717, 1.165) is 11.8 Å². The molecular weight excluding hydrogens is 478 g/mol. The number of nitro benzene ring substituents is 1. The molecule has 1 fully saturated rings. The Bertz CT molecular complexity index is 1160. The number of carbonyl (C=O) groups excluding carboxylic acids is 3. The van der Waals surface area contributed by atoms with Crippen molar-refractivity contribution in [2.75, 3.05) is 18.5 Å². The lowest BCUT2D eigenvalue weighted by molar-refractivity contribution is -0.384. The van der Waals surface area contributed by atoms with Gasteiger partial charge in [-0.1, -0.05) is 36.1 Å². The van der Waals surface area contributed by atoms with Crippen molar-refractivity contribution in [2.24, 2.45) is 0 Å². The Balaban J connectivity index is 1.51. The third-order valence-electron chi connectivity index (χ3n) is 4.72. The van der Waals surface area contributed by atoms with Crippen LogP contribution < -0.4 is 5.32 Å². The van der Waals surface area contributed by atoms with E-state index in [1.165, 1.54) is 17.0 Å². The highest BCUT2D eigenvalue weighted by Crippen LogP contribution is 2.33. The first-order valence-corrected chi connectivity index (χ1v) is 11.6. The molecule has 2 aromatic carbocycles.